The first-order chi connectivity index (χ1) is 9.47. The molecule has 0 aromatic heterocycles. The number of amides is 1. The molecule has 0 aliphatic heterocycles. The molecule has 20 heavy (non-hydrogen) atoms. The first kappa shape index (κ1) is 14.7. The average Bonchev–Trinajstić information content (AvgIpc) is 2.43. The van der Waals surface area contributed by atoms with Crippen LogP contribution in [-0.2, 0) is 0 Å². The maximum Gasteiger partial charge on any atom is 0.255 e. The van der Waals surface area contributed by atoms with Crippen LogP contribution in [0.1, 0.15) is 35.7 Å². The molecule has 0 aliphatic rings. The lowest BCUT2D eigenvalue weighted by molar-refractivity contribution is 0.102. The van der Waals surface area contributed by atoms with E-state index in [1.165, 1.54) is 11.6 Å². The summed E-state index contributed by atoms with van der Waals surface area (Å²) in [5.41, 5.74) is 2.16. The Balaban J connectivity index is 2.13. The number of carbonyl (C=O) groups excluding carboxylic acids is 1. The van der Waals surface area contributed by atoms with Gasteiger partial charge < -0.3 is 5.32 Å². The lowest BCUT2D eigenvalue weighted by atomic mass is 10.0. The van der Waals surface area contributed by atoms with Crippen LogP contribution in [0.4, 0.5) is 10.1 Å². The summed E-state index contributed by atoms with van der Waals surface area (Å²) >= 11 is 3.07. The zero-order chi connectivity index (χ0) is 14.7. The number of nitrogens with one attached hydrogen (secondary N) is 1. The van der Waals surface area contributed by atoms with Gasteiger partial charge in [-0.25, -0.2) is 4.39 Å². The molecule has 0 spiro atoms. The number of hydrogen-bond acceptors (Lipinski definition) is 1. The van der Waals surface area contributed by atoms with Crippen molar-refractivity contribution in [2.24, 2.45) is 0 Å². The summed E-state index contributed by atoms with van der Waals surface area (Å²) in [5.74, 6) is -0.229. The van der Waals surface area contributed by atoms with E-state index in [2.05, 4.69) is 35.1 Å². The quantitative estimate of drug-likeness (QED) is 0.843. The second-order valence-corrected chi connectivity index (χ2v) is 5.71. The predicted molar refractivity (Wildman–Crippen MR) is 82.6 cm³/mol. The Bertz CT molecular complexity index is 623. The van der Waals surface area contributed by atoms with Crippen LogP contribution in [0.15, 0.2) is 46.9 Å². The second kappa shape index (κ2) is 6.18. The molecular weight excluding hydrogens is 321 g/mol. The van der Waals surface area contributed by atoms with Crippen molar-refractivity contribution in [1.82, 2.24) is 0 Å². The molecule has 0 unspecified atom stereocenters. The van der Waals surface area contributed by atoms with E-state index < -0.39 is 5.82 Å². The van der Waals surface area contributed by atoms with E-state index in [1.54, 1.807) is 24.3 Å². The van der Waals surface area contributed by atoms with Gasteiger partial charge in [-0.2, -0.15) is 0 Å². The lowest BCUT2D eigenvalue weighted by Gasteiger charge is -2.08. The molecule has 0 aliphatic carbocycles. The van der Waals surface area contributed by atoms with Gasteiger partial charge in [0.05, 0.1) is 4.47 Å². The summed E-state index contributed by atoms with van der Waals surface area (Å²) in [6, 6.07) is 11.9. The molecule has 0 radical (unpaired) electrons. The Morgan fingerprint density at radius 2 is 1.80 bits per heavy atom. The molecule has 2 nitrogen and oxygen atoms in total. The molecule has 1 N–H and O–H groups in total. The van der Waals surface area contributed by atoms with Gasteiger partial charge in [-0.05, 0) is 57.7 Å². The van der Waals surface area contributed by atoms with E-state index in [4.69, 9.17) is 0 Å². The Hall–Kier alpha value is -1.68. The number of halogens is 2. The van der Waals surface area contributed by atoms with Crippen LogP contribution < -0.4 is 5.32 Å². The van der Waals surface area contributed by atoms with Gasteiger partial charge in [-0.3, -0.25) is 4.79 Å². The van der Waals surface area contributed by atoms with Crippen molar-refractivity contribution in [3.63, 3.8) is 0 Å². The minimum absolute atomic E-state index is 0.248. The third kappa shape index (κ3) is 3.45. The highest BCUT2D eigenvalue weighted by atomic mass is 79.9. The molecule has 0 atom stereocenters. The van der Waals surface area contributed by atoms with Gasteiger partial charge in [-0.15, -0.1) is 0 Å². The molecule has 0 fully saturated rings. The minimum atomic E-state index is -0.405. The lowest BCUT2D eigenvalue weighted by Crippen LogP contribution is -2.12. The van der Waals surface area contributed by atoms with Crippen molar-refractivity contribution in [3.05, 3.63) is 63.9 Å². The van der Waals surface area contributed by atoms with Gasteiger partial charge in [0.2, 0.25) is 0 Å². The highest BCUT2D eigenvalue weighted by Gasteiger charge is 2.08. The monoisotopic (exact) mass is 335 g/mol. The third-order valence-electron chi connectivity index (χ3n) is 3.02. The van der Waals surface area contributed by atoms with Crippen LogP contribution in [0.25, 0.3) is 0 Å². The van der Waals surface area contributed by atoms with Crippen molar-refractivity contribution in [2.75, 3.05) is 5.32 Å². The number of rotatable bonds is 3. The van der Waals surface area contributed by atoms with E-state index in [1.807, 2.05) is 12.1 Å². The SMILES string of the molecule is CC(C)c1ccc(C(=O)Nc2ccc(Br)c(F)c2)cc1. The van der Waals surface area contributed by atoms with E-state index in [0.29, 0.717) is 21.6 Å². The molecule has 0 bridgehead atoms. The molecule has 104 valence electrons. The summed E-state index contributed by atoms with van der Waals surface area (Å²) in [5, 5.41) is 2.68. The number of carbonyl (C=O) groups is 1. The summed E-state index contributed by atoms with van der Waals surface area (Å²) in [6.45, 7) is 4.19. The van der Waals surface area contributed by atoms with E-state index in [-0.39, 0.29) is 5.91 Å². The minimum Gasteiger partial charge on any atom is -0.322 e. The highest BCUT2D eigenvalue weighted by molar-refractivity contribution is 9.10. The molecule has 0 heterocycles. The van der Waals surface area contributed by atoms with Gasteiger partial charge >= 0.3 is 0 Å². The van der Waals surface area contributed by atoms with Gasteiger partial charge in [0.15, 0.2) is 0 Å². The predicted octanol–water partition coefficient (Wildman–Crippen LogP) is 4.96. The normalized spacial score (nSPS) is 10.7. The number of anilines is 1. The number of hydrogen-bond donors (Lipinski definition) is 1. The van der Waals surface area contributed by atoms with Crippen LogP contribution in [-0.4, -0.2) is 5.91 Å². The van der Waals surface area contributed by atoms with E-state index in [9.17, 15) is 9.18 Å². The molecular formula is C16H15BrFNO. The van der Waals surface area contributed by atoms with E-state index >= 15 is 0 Å². The topological polar surface area (TPSA) is 29.1 Å². The van der Waals surface area contributed by atoms with Crippen molar-refractivity contribution < 1.29 is 9.18 Å². The standard InChI is InChI=1S/C16H15BrFNO/c1-10(2)11-3-5-12(6-4-11)16(20)19-13-7-8-14(17)15(18)9-13/h3-10H,1-2H3,(H,19,20). The Labute approximate surface area is 126 Å². The van der Waals surface area contributed by atoms with Gasteiger partial charge in [0, 0.05) is 11.3 Å². The fourth-order valence-corrected chi connectivity index (χ4v) is 2.04. The van der Waals surface area contributed by atoms with Crippen molar-refractivity contribution >= 4 is 27.5 Å². The first-order valence-corrected chi connectivity index (χ1v) is 7.13. The molecule has 2 aromatic rings. The Kier molecular flexibility index (Phi) is 4.55. The summed E-state index contributed by atoms with van der Waals surface area (Å²) in [7, 11) is 0. The molecule has 4 heteroatoms. The van der Waals surface area contributed by atoms with Crippen LogP contribution in [0.3, 0.4) is 0 Å². The fraction of sp³-hybridized carbons (Fsp3) is 0.188. The van der Waals surface area contributed by atoms with Gasteiger partial charge in [-0.1, -0.05) is 26.0 Å². The fourth-order valence-electron chi connectivity index (χ4n) is 1.80. The Morgan fingerprint density at radius 1 is 1.15 bits per heavy atom. The Morgan fingerprint density at radius 3 is 2.35 bits per heavy atom. The van der Waals surface area contributed by atoms with Crippen LogP contribution in [0.5, 0.6) is 0 Å². The maximum absolute atomic E-state index is 13.4. The van der Waals surface area contributed by atoms with Crippen molar-refractivity contribution in [2.45, 2.75) is 19.8 Å². The van der Waals surface area contributed by atoms with Gasteiger partial charge in [0.1, 0.15) is 5.82 Å². The van der Waals surface area contributed by atoms with Crippen LogP contribution in [0, 0.1) is 5.82 Å². The van der Waals surface area contributed by atoms with E-state index in [0.717, 1.165) is 0 Å². The zero-order valence-corrected chi connectivity index (χ0v) is 12.9. The molecule has 0 saturated heterocycles. The smallest absolute Gasteiger partial charge is 0.255 e. The largest absolute Gasteiger partial charge is 0.322 e. The number of benzene rings is 2. The molecule has 1 amide bonds. The van der Waals surface area contributed by atoms with Crippen molar-refractivity contribution in [3.8, 4) is 0 Å². The second-order valence-electron chi connectivity index (χ2n) is 4.86. The van der Waals surface area contributed by atoms with Crippen LogP contribution in [0.2, 0.25) is 0 Å². The first-order valence-electron chi connectivity index (χ1n) is 6.33. The molecule has 2 rings (SSSR count). The van der Waals surface area contributed by atoms with Crippen molar-refractivity contribution in [1.29, 1.82) is 0 Å². The summed E-state index contributed by atoms with van der Waals surface area (Å²) < 4.78 is 13.7. The maximum atomic E-state index is 13.4. The summed E-state index contributed by atoms with van der Waals surface area (Å²) in [4.78, 5) is 12.0. The average molecular weight is 336 g/mol. The molecule has 0 saturated carbocycles. The summed E-state index contributed by atoms with van der Waals surface area (Å²) in [6.07, 6.45) is 0. The van der Waals surface area contributed by atoms with Gasteiger partial charge in [0.25, 0.3) is 5.91 Å². The third-order valence-corrected chi connectivity index (χ3v) is 3.66. The highest BCUT2D eigenvalue weighted by Crippen LogP contribution is 2.20. The van der Waals surface area contributed by atoms with Crippen LogP contribution >= 0.6 is 15.9 Å². The zero-order valence-electron chi connectivity index (χ0n) is 11.3. The molecule has 2 aromatic carbocycles.